The number of nitrogens with zero attached hydrogens (tertiary/aromatic N) is 2. The standard InChI is InChI=1S/C19H13NOS.C17H16ClNO/c21-19-15-10-4-6-12-17(15)20(18-13-7-5-11-16(18)19)22-14-8-2-1-3-9-14;1-2-3-10-19-15-7-5-4-6-13(15)17(20)14-11-12(18)8-9-16(14)19/h1-13H;4-9,11H,2-3,10H2,1H3. The van der Waals surface area contributed by atoms with Gasteiger partial charge < -0.3 is 4.57 Å². The van der Waals surface area contributed by atoms with Gasteiger partial charge in [-0.15, -0.1) is 0 Å². The number of rotatable bonds is 5. The summed E-state index contributed by atoms with van der Waals surface area (Å²) in [5.74, 6) is 0. The molecule has 0 spiro atoms. The zero-order valence-electron chi connectivity index (χ0n) is 23.2. The van der Waals surface area contributed by atoms with Gasteiger partial charge in [-0.3, -0.25) is 13.6 Å². The van der Waals surface area contributed by atoms with Crippen LogP contribution in [0.4, 0.5) is 0 Å². The second-order valence-electron chi connectivity index (χ2n) is 10.1. The number of unbranched alkanes of at least 4 members (excludes halogenated alkanes) is 1. The van der Waals surface area contributed by atoms with E-state index >= 15 is 0 Å². The summed E-state index contributed by atoms with van der Waals surface area (Å²) >= 11 is 7.68. The van der Waals surface area contributed by atoms with Gasteiger partial charge in [-0.1, -0.05) is 79.5 Å². The SMILES string of the molecule is CCCCn1c2ccccc2c(=O)c2cc(Cl)ccc21.O=c1c2ccccc2n(Sc2ccccc2)c2ccccc12. The molecule has 42 heavy (non-hydrogen) atoms. The van der Waals surface area contributed by atoms with Gasteiger partial charge in [0.2, 0.25) is 0 Å². The topological polar surface area (TPSA) is 44.0 Å². The Bertz CT molecular complexity index is 2110. The van der Waals surface area contributed by atoms with Crippen molar-refractivity contribution in [1.29, 1.82) is 0 Å². The van der Waals surface area contributed by atoms with E-state index in [0.29, 0.717) is 10.4 Å². The summed E-state index contributed by atoms with van der Waals surface area (Å²) in [6.45, 7) is 3.08. The van der Waals surface area contributed by atoms with Crippen molar-refractivity contribution >= 4 is 67.2 Å². The Morgan fingerprint density at radius 1 is 0.595 bits per heavy atom. The lowest BCUT2D eigenvalue weighted by molar-refractivity contribution is 0.662. The maximum atomic E-state index is 12.7. The van der Waals surface area contributed by atoms with Crippen molar-refractivity contribution in [2.45, 2.75) is 31.2 Å². The Kier molecular flexibility index (Phi) is 8.13. The molecule has 7 aromatic rings. The zero-order valence-corrected chi connectivity index (χ0v) is 24.7. The Hall–Kier alpha value is -4.32. The van der Waals surface area contributed by atoms with Gasteiger partial charge in [-0.05, 0) is 85.1 Å². The number of aromatic nitrogens is 2. The number of halogens is 1. The maximum Gasteiger partial charge on any atom is 0.197 e. The summed E-state index contributed by atoms with van der Waals surface area (Å²) in [6, 6.07) is 39.1. The molecule has 7 rings (SSSR count). The molecule has 0 aliphatic carbocycles. The normalized spacial score (nSPS) is 11.2. The minimum absolute atomic E-state index is 0.0610. The first-order valence-electron chi connectivity index (χ1n) is 14.0. The van der Waals surface area contributed by atoms with E-state index in [-0.39, 0.29) is 10.9 Å². The second-order valence-corrected chi connectivity index (χ2v) is 11.5. The molecule has 0 N–H and O–H groups in total. The summed E-state index contributed by atoms with van der Waals surface area (Å²) in [7, 11) is 0. The van der Waals surface area contributed by atoms with Gasteiger partial charge >= 0.3 is 0 Å². The van der Waals surface area contributed by atoms with Crippen LogP contribution in [0.5, 0.6) is 0 Å². The van der Waals surface area contributed by atoms with Gasteiger partial charge in [0.05, 0.1) is 22.1 Å². The molecule has 6 heteroatoms. The largest absolute Gasteiger partial charge is 0.340 e. The highest BCUT2D eigenvalue weighted by molar-refractivity contribution is 7.98. The van der Waals surface area contributed by atoms with E-state index in [1.165, 1.54) is 0 Å². The minimum Gasteiger partial charge on any atom is -0.340 e. The predicted octanol–water partition coefficient (Wildman–Crippen LogP) is 9.32. The number of para-hydroxylation sites is 3. The van der Waals surface area contributed by atoms with Gasteiger partial charge in [0.25, 0.3) is 0 Å². The van der Waals surface area contributed by atoms with Crippen molar-refractivity contribution in [3.63, 3.8) is 0 Å². The molecular weight excluding hydrogens is 560 g/mol. The van der Waals surface area contributed by atoms with E-state index in [1.807, 2.05) is 103 Å². The third-order valence-electron chi connectivity index (χ3n) is 7.34. The van der Waals surface area contributed by atoms with Crippen LogP contribution in [0.2, 0.25) is 5.02 Å². The fraction of sp³-hybridized carbons (Fsp3) is 0.111. The first-order chi connectivity index (χ1) is 20.6. The van der Waals surface area contributed by atoms with Crippen LogP contribution in [-0.2, 0) is 6.54 Å². The molecular formula is C36H29ClN2O2S. The Labute approximate surface area is 252 Å². The zero-order chi connectivity index (χ0) is 29.1. The lowest BCUT2D eigenvalue weighted by Gasteiger charge is -2.14. The summed E-state index contributed by atoms with van der Waals surface area (Å²) in [5, 5.41) is 3.58. The lowest BCUT2D eigenvalue weighted by Crippen LogP contribution is -2.11. The van der Waals surface area contributed by atoms with Crippen LogP contribution in [0.25, 0.3) is 43.6 Å². The second kappa shape index (κ2) is 12.3. The summed E-state index contributed by atoms with van der Waals surface area (Å²) in [6.07, 6.45) is 2.21. The number of benzene rings is 5. The van der Waals surface area contributed by atoms with Crippen molar-refractivity contribution in [1.82, 2.24) is 8.54 Å². The van der Waals surface area contributed by atoms with E-state index in [9.17, 15) is 9.59 Å². The van der Waals surface area contributed by atoms with Crippen LogP contribution in [0.3, 0.4) is 0 Å². The Balaban J connectivity index is 0.000000151. The van der Waals surface area contributed by atoms with Gasteiger partial charge in [0, 0.05) is 38.0 Å². The van der Waals surface area contributed by atoms with Crippen LogP contribution >= 0.6 is 23.5 Å². The van der Waals surface area contributed by atoms with Crippen molar-refractivity contribution < 1.29 is 0 Å². The van der Waals surface area contributed by atoms with E-state index in [2.05, 4.69) is 27.6 Å². The van der Waals surface area contributed by atoms with Crippen molar-refractivity contribution in [3.8, 4) is 0 Å². The average molecular weight is 589 g/mol. The molecule has 4 nitrogen and oxygen atoms in total. The van der Waals surface area contributed by atoms with Gasteiger partial charge in [-0.2, -0.15) is 0 Å². The third-order valence-corrected chi connectivity index (χ3v) is 8.64. The highest BCUT2D eigenvalue weighted by atomic mass is 35.5. The molecule has 0 atom stereocenters. The molecule has 0 aliphatic heterocycles. The molecule has 208 valence electrons. The molecule has 2 aromatic heterocycles. The van der Waals surface area contributed by atoms with Crippen LogP contribution in [-0.4, -0.2) is 8.54 Å². The molecule has 0 unspecified atom stereocenters. The minimum atomic E-state index is 0.0610. The smallest absolute Gasteiger partial charge is 0.197 e. The van der Waals surface area contributed by atoms with Crippen molar-refractivity contribution in [3.05, 3.63) is 147 Å². The quantitative estimate of drug-likeness (QED) is 0.188. The molecule has 0 amide bonds. The third kappa shape index (κ3) is 5.34. The molecule has 0 saturated heterocycles. The molecule has 2 heterocycles. The van der Waals surface area contributed by atoms with E-state index < -0.39 is 0 Å². The monoisotopic (exact) mass is 588 g/mol. The summed E-state index contributed by atoms with van der Waals surface area (Å²) < 4.78 is 4.37. The predicted molar refractivity (Wildman–Crippen MR) is 179 cm³/mol. The Morgan fingerprint density at radius 2 is 1.10 bits per heavy atom. The maximum absolute atomic E-state index is 12.7. The molecule has 0 aliphatic rings. The van der Waals surface area contributed by atoms with Crippen molar-refractivity contribution in [2.24, 2.45) is 0 Å². The summed E-state index contributed by atoms with van der Waals surface area (Å²) in [5.41, 5.74) is 4.01. The lowest BCUT2D eigenvalue weighted by atomic mass is 10.1. The number of hydrogen-bond acceptors (Lipinski definition) is 3. The van der Waals surface area contributed by atoms with Gasteiger partial charge in [-0.25, -0.2) is 0 Å². The highest BCUT2D eigenvalue weighted by Crippen LogP contribution is 2.29. The molecule has 0 fully saturated rings. The van der Waals surface area contributed by atoms with Crippen LogP contribution in [0, 0.1) is 0 Å². The van der Waals surface area contributed by atoms with E-state index in [1.54, 1.807) is 18.0 Å². The van der Waals surface area contributed by atoms with Crippen molar-refractivity contribution in [2.75, 3.05) is 0 Å². The van der Waals surface area contributed by atoms with Gasteiger partial charge in [0.15, 0.2) is 10.9 Å². The first-order valence-corrected chi connectivity index (χ1v) is 15.2. The number of pyridine rings is 2. The fourth-order valence-corrected chi connectivity index (χ4v) is 6.48. The Morgan fingerprint density at radius 3 is 1.71 bits per heavy atom. The number of aryl methyl sites for hydroxylation is 1. The fourth-order valence-electron chi connectivity index (χ4n) is 5.30. The van der Waals surface area contributed by atoms with Crippen LogP contribution in [0.1, 0.15) is 19.8 Å². The molecule has 0 bridgehead atoms. The average Bonchev–Trinajstić information content (AvgIpc) is 3.04. The number of fused-ring (bicyclic) bond motifs is 4. The van der Waals surface area contributed by atoms with E-state index in [4.69, 9.17) is 11.6 Å². The molecule has 0 radical (unpaired) electrons. The molecule has 5 aromatic carbocycles. The van der Waals surface area contributed by atoms with E-state index in [0.717, 1.165) is 62.5 Å². The van der Waals surface area contributed by atoms with Crippen LogP contribution < -0.4 is 10.9 Å². The first kappa shape index (κ1) is 27.8. The highest BCUT2D eigenvalue weighted by Gasteiger charge is 2.12. The summed E-state index contributed by atoms with van der Waals surface area (Å²) in [4.78, 5) is 26.4. The molecule has 0 saturated carbocycles. The number of hydrogen-bond donors (Lipinski definition) is 0. The van der Waals surface area contributed by atoms with Gasteiger partial charge in [0.1, 0.15) is 0 Å². The van der Waals surface area contributed by atoms with Crippen LogP contribution in [0.15, 0.2) is 136 Å².